The zero-order valence-corrected chi connectivity index (χ0v) is 17.6. The fourth-order valence-electron chi connectivity index (χ4n) is 3.65. The lowest BCUT2D eigenvalue weighted by Gasteiger charge is -2.24. The Bertz CT molecular complexity index is 1180. The maximum absolute atomic E-state index is 13.1. The quantitative estimate of drug-likeness (QED) is 0.270. The van der Waals surface area contributed by atoms with E-state index in [1.807, 2.05) is 31.2 Å². The molecule has 6 nitrogen and oxygen atoms in total. The van der Waals surface area contributed by atoms with E-state index in [9.17, 15) is 14.7 Å². The predicted octanol–water partition coefficient (Wildman–Crippen LogP) is 4.58. The van der Waals surface area contributed by atoms with Gasteiger partial charge in [-0.25, -0.2) is 4.98 Å². The Balaban J connectivity index is 1.84. The number of anilines is 1. The second-order valence-corrected chi connectivity index (χ2v) is 7.39. The highest BCUT2D eigenvalue weighted by molar-refractivity contribution is 6.51. The molecule has 3 aromatic rings. The maximum atomic E-state index is 13.1. The molecule has 1 atom stereocenters. The first-order valence-corrected chi connectivity index (χ1v) is 10.1. The van der Waals surface area contributed by atoms with Crippen molar-refractivity contribution in [3.63, 3.8) is 0 Å². The first-order chi connectivity index (χ1) is 15.5. The summed E-state index contributed by atoms with van der Waals surface area (Å²) < 4.78 is 5.48. The van der Waals surface area contributed by atoms with E-state index in [1.165, 1.54) is 4.90 Å². The minimum atomic E-state index is -0.804. The van der Waals surface area contributed by atoms with Crippen molar-refractivity contribution in [2.75, 3.05) is 11.5 Å². The van der Waals surface area contributed by atoms with Gasteiger partial charge in [-0.2, -0.15) is 0 Å². The van der Waals surface area contributed by atoms with E-state index < -0.39 is 17.7 Å². The molecule has 2 aromatic carbocycles. The zero-order chi connectivity index (χ0) is 22.7. The van der Waals surface area contributed by atoms with Gasteiger partial charge in [0, 0.05) is 11.8 Å². The van der Waals surface area contributed by atoms with Crippen LogP contribution in [0.1, 0.15) is 22.7 Å². The fraction of sp³-hybridized carbons (Fsp3) is 0.115. The Morgan fingerprint density at radius 1 is 1.09 bits per heavy atom. The predicted molar refractivity (Wildman–Crippen MR) is 122 cm³/mol. The molecule has 1 aromatic heterocycles. The number of hydrogen-bond donors (Lipinski definition) is 1. The SMILES string of the molecule is C=CCOc1ccc(/C(O)=C2\C(=O)C(=O)N(c3ccccn3)[C@@H]2c2ccc(C)cc2)cc1. The number of benzene rings is 2. The number of nitrogens with zero attached hydrogens (tertiary/aromatic N) is 2. The molecule has 0 aliphatic carbocycles. The molecule has 1 aliphatic rings. The van der Waals surface area contributed by atoms with Crippen molar-refractivity contribution in [3.8, 4) is 5.75 Å². The van der Waals surface area contributed by atoms with Crippen molar-refractivity contribution in [3.05, 3.63) is 108 Å². The number of amides is 1. The molecule has 0 radical (unpaired) electrons. The molecule has 160 valence electrons. The van der Waals surface area contributed by atoms with Gasteiger partial charge in [0.05, 0.1) is 11.6 Å². The molecule has 0 bridgehead atoms. The number of aromatic nitrogens is 1. The second kappa shape index (κ2) is 8.89. The van der Waals surface area contributed by atoms with Gasteiger partial charge in [0.25, 0.3) is 5.78 Å². The zero-order valence-electron chi connectivity index (χ0n) is 17.6. The molecule has 1 saturated heterocycles. The van der Waals surface area contributed by atoms with Crippen LogP contribution in [0, 0.1) is 6.92 Å². The van der Waals surface area contributed by atoms with Crippen LogP contribution in [0.2, 0.25) is 0 Å². The highest BCUT2D eigenvalue weighted by atomic mass is 16.5. The van der Waals surface area contributed by atoms with E-state index in [-0.39, 0.29) is 11.3 Å². The lowest BCUT2D eigenvalue weighted by Crippen LogP contribution is -2.30. The average molecular weight is 426 g/mol. The van der Waals surface area contributed by atoms with Gasteiger partial charge >= 0.3 is 5.91 Å². The number of ether oxygens (including phenoxy) is 1. The summed E-state index contributed by atoms with van der Waals surface area (Å²) in [6, 6.07) is 18.5. The van der Waals surface area contributed by atoms with Gasteiger partial charge in [-0.3, -0.25) is 14.5 Å². The molecule has 1 N–H and O–H groups in total. The van der Waals surface area contributed by atoms with Crippen LogP contribution >= 0.6 is 0 Å². The number of carbonyl (C=O) groups excluding carboxylic acids is 2. The molecule has 1 aliphatic heterocycles. The number of carbonyl (C=O) groups is 2. The second-order valence-electron chi connectivity index (χ2n) is 7.39. The molecular weight excluding hydrogens is 404 g/mol. The van der Waals surface area contributed by atoms with E-state index in [4.69, 9.17) is 4.74 Å². The molecule has 0 saturated carbocycles. The third kappa shape index (κ3) is 3.90. The van der Waals surface area contributed by atoms with E-state index in [1.54, 1.807) is 54.7 Å². The van der Waals surface area contributed by atoms with Crippen molar-refractivity contribution in [2.45, 2.75) is 13.0 Å². The molecule has 0 unspecified atom stereocenters. The van der Waals surface area contributed by atoms with E-state index in [2.05, 4.69) is 11.6 Å². The van der Waals surface area contributed by atoms with Crippen LogP contribution in [-0.4, -0.2) is 28.4 Å². The number of hydrogen-bond acceptors (Lipinski definition) is 5. The third-order valence-corrected chi connectivity index (χ3v) is 5.23. The summed E-state index contributed by atoms with van der Waals surface area (Å²) in [4.78, 5) is 31.7. The fourth-order valence-corrected chi connectivity index (χ4v) is 3.65. The van der Waals surface area contributed by atoms with Crippen molar-refractivity contribution < 1.29 is 19.4 Å². The minimum Gasteiger partial charge on any atom is -0.507 e. The summed E-state index contributed by atoms with van der Waals surface area (Å²) in [7, 11) is 0. The number of aliphatic hydroxyl groups is 1. The van der Waals surface area contributed by atoms with Crippen molar-refractivity contribution in [2.24, 2.45) is 0 Å². The summed E-state index contributed by atoms with van der Waals surface area (Å²) in [6.45, 7) is 5.92. The Labute approximate surface area is 186 Å². The van der Waals surface area contributed by atoms with Crippen LogP contribution in [0.3, 0.4) is 0 Å². The van der Waals surface area contributed by atoms with Crippen molar-refractivity contribution in [1.29, 1.82) is 0 Å². The summed E-state index contributed by atoms with van der Waals surface area (Å²) in [5, 5.41) is 11.1. The van der Waals surface area contributed by atoms with Crippen molar-refractivity contribution in [1.82, 2.24) is 4.98 Å². The smallest absolute Gasteiger partial charge is 0.301 e. The molecule has 1 fully saturated rings. The first-order valence-electron chi connectivity index (χ1n) is 10.1. The van der Waals surface area contributed by atoms with Crippen molar-refractivity contribution >= 4 is 23.3 Å². The molecule has 0 spiro atoms. The van der Waals surface area contributed by atoms with E-state index >= 15 is 0 Å². The number of ketones is 1. The number of aryl methyl sites for hydroxylation is 1. The lowest BCUT2D eigenvalue weighted by molar-refractivity contribution is -0.132. The van der Waals surface area contributed by atoms with Crippen LogP contribution in [0.5, 0.6) is 5.75 Å². The van der Waals surface area contributed by atoms with Crippen LogP contribution in [-0.2, 0) is 9.59 Å². The standard InChI is InChI=1S/C26H22N2O4/c1-3-16-32-20-13-11-19(12-14-20)24(29)22-23(18-9-7-17(2)8-10-18)28(26(31)25(22)30)21-6-4-5-15-27-21/h3-15,23,29H,1,16H2,2H3/b24-22+/t23-/m1/s1. The van der Waals surface area contributed by atoms with Gasteiger partial charge < -0.3 is 9.84 Å². The molecular formula is C26H22N2O4. The normalized spacial score (nSPS) is 17.4. The van der Waals surface area contributed by atoms with E-state index in [0.29, 0.717) is 29.3 Å². The highest BCUT2D eigenvalue weighted by Crippen LogP contribution is 2.41. The summed E-state index contributed by atoms with van der Waals surface area (Å²) >= 11 is 0. The lowest BCUT2D eigenvalue weighted by atomic mass is 9.94. The number of pyridine rings is 1. The third-order valence-electron chi connectivity index (χ3n) is 5.23. The number of aliphatic hydroxyl groups excluding tert-OH is 1. The van der Waals surface area contributed by atoms with E-state index in [0.717, 1.165) is 5.56 Å². The van der Waals surface area contributed by atoms with Gasteiger partial charge in [-0.05, 0) is 48.9 Å². The van der Waals surface area contributed by atoms with Crippen LogP contribution in [0.15, 0.2) is 91.2 Å². The van der Waals surface area contributed by atoms with Gasteiger partial charge in [0.2, 0.25) is 0 Å². The van der Waals surface area contributed by atoms with Gasteiger partial charge in [-0.1, -0.05) is 48.6 Å². The minimum absolute atomic E-state index is 0.0178. The van der Waals surface area contributed by atoms with Gasteiger partial charge in [-0.15, -0.1) is 0 Å². The monoisotopic (exact) mass is 426 g/mol. The van der Waals surface area contributed by atoms with Gasteiger partial charge in [0.1, 0.15) is 23.9 Å². The Kier molecular flexibility index (Phi) is 5.85. The van der Waals surface area contributed by atoms with Crippen LogP contribution in [0.25, 0.3) is 5.76 Å². The van der Waals surface area contributed by atoms with Crippen LogP contribution < -0.4 is 9.64 Å². The Hall–Kier alpha value is -4.19. The average Bonchev–Trinajstić information content (AvgIpc) is 3.09. The van der Waals surface area contributed by atoms with Crippen LogP contribution in [0.4, 0.5) is 5.82 Å². The Morgan fingerprint density at radius 3 is 2.44 bits per heavy atom. The topological polar surface area (TPSA) is 79.7 Å². The van der Waals surface area contributed by atoms with Gasteiger partial charge in [0.15, 0.2) is 0 Å². The Morgan fingerprint density at radius 2 is 1.81 bits per heavy atom. The molecule has 1 amide bonds. The number of Topliss-reactive ketones (excluding diaryl/α,β-unsaturated/α-hetero) is 1. The molecule has 2 heterocycles. The summed E-state index contributed by atoms with van der Waals surface area (Å²) in [5.41, 5.74) is 2.17. The molecule has 6 heteroatoms. The number of rotatable bonds is 6. The summed E-state index contributed by atoms with van der Waals surface area (Å²) in [5.74, 6) is -0.798. The first kappa shape index (κ1) is 21.1. The largest absolute Gasteiger partial charge is 0.507 e. The maximum Gasteiger partial charge on any atom is 0.301 e. The molecule has 4 rings (SSSR count). The summed E-state index contributed by atoms with van der Waals surface area (Å²) in [6.07, 6.45) is 3.19. The molecule has 32 heavy (non-hydrogen) atoms. The highest BCUT2D eigenvalue weighted by Gasteiger charge is 2.47.